The van der Waals surface area contributed by atoms with Crippen molar-refractivity contribution in [1.82, 2.24) is 9.13 Å². The van der Waals surface area contributed by atoms with Crippen molar-refractivity contribution in [3.8, 4) is 22.9 Å². The minimum absolute atomic E-state index is 0.486. The zero-order valence-corrected chi connectivity index (χ0v) is 54.5. The van der Waals surface area contributed by atoms with E-state index in [9.17, 15) is 0 Å². The predicted molar refractivity (Wildman–Crippen MR) is 368 cm³/mol. The Hall–Kier alpha value is -6.85. The number of hydrogen-bond donors (Lipinski definition) is 0. The number of ether oxygens (including phenoxy) is 2. The summed E-state index contributed by atoms with van der Waals surface area (Å²) < 4.78 is 44.9. The normalized spacial score (nSPS) is 17.0. The van der Waals surface area contributed by atoms with Crippen molar-refractivity contribution in [3.05, 3.63) is 182 Å². The molecule has 0 aliphatic carbocycles. The van der Waals surface area contributed by atoms with Crippen LogP contribution in [0, 0.1) is 11.8 Å². The maximum absolute atomic E-state index is 6.73. The summed E-state index contributed by atoms with van der Waals surface area (Å²) in [6.45, 7) is 27.5. The van der Waals surface area contributed by atoms with Gasteiger partial charge in [0.15, 0.2) is 8.07 Å². The van der Waals surface area contributed by atoms with Crippen LogP contribution in [-0.2, 0) is 18.6 Å². The summed E-state index contributed by atoms with van der Waals surface area (Å²) in [7, 11) is -4.28. The average molecular weight is 1180 g/mol. The fourth-order valence-electron chi connectivity index (χ4n) is 13.3. The van der Waals surface area contributed by atoms with Gasteiger partial charge in [-0.1, -0.05) is 175 Å². The van der Waals surface area contributed by atoms with E-state index in [1.807, 2.05) is 0 Å². The van der Waals surface area contributed by atoms with Crippen LogP contribution in [0.2, 0.25) is 0 Å². The maximum atomic E-state index is 6.73. The summed E-state index contributed by atoms with van der Waals surface area (Å²) >= 11 is 0. The second-order valence-corrected chi connectivity index (χ2v) is 30.6. The van der Waals surface area contributed by atoms with Crippen molar-refractivity contribution >= 4 is 97.6 Å². The van der Waals surface area contributed by atoms with Gasteiger partial charge in [0, 0.05) is 32.9 Å². The highest BCUT2D eigenvalue weighted by Gasteiger charge is 2.53. The molecule has 8 nitrogen and oxygen atoms in total. The molecular weight excluding hydrogens is 1090 g/mol. The third-order valence-corrected chi connectivity index (χ3v) is 24.9. The van der Waals surface area contributed by atoms with Crippen LogP contribution >= 0.6 is 0 Å². The molecule has 0 bridgehead atoms. The van der Waals surface area contributed by atoms with Crippen LogP contribution in [0.4, 0.5) is 0 Å². The van der Waals surface area contributed by atoms with Crippen molar-refractivity contribution in [2.75, 3.05) is 13.2 Å². The zero-order valence-electron chi connectivity index (χ0n) is 53.5. The van der Waals surface area contributed by atoms with E-state index in [0.29, 0.717) is 25.0 Å². The van der Waals surface area contributed by atoms with Gasteiger partial charge in [-0.3, -0.25) is 0 Å². The highest BCUT2D eigenvalue weighted by atomic mass is 28.3. The van der Waals surface area contributed by atoms with Gasteiger partial charge in [-0.15, -0.1) is 0 Å². The SMILES string of the molecule is CCCCC(CC)COc1ccc(-n2c3cc(B4OC(C)(C)C(C)(C)O4)ccc3c3ccc([Si](c4ccccc4)(c4ccccc4)c4ccc5c6ccc(B7OC(C)(C)C(C)(C)O7)cc6n(-c6ccc(OCC(CC)CCCC)cc6)c5c4)cc32)cc1. The molecule has 448 valence electrons. The van der Waals surface area contributed by atoms with Gasteiger partial charge in [0.1, 0.15) is 11.5 Å². The molecule has 11 heteroatoms. The molecule has 2 aliphatic heterocycles. The van der Waals surface area contributed by atoms with Crippen LogP contribution in [0.25, 0.3) is 55.0 Å². The molecule has 8 aromatic carbocycles. The number of benzene rings is 8. The van der Waals surface area contributed by atoms with Crippen molar-refractivity contribution in [3.63, 3.8) is 0 Å². The molecule has 0 N–H and O–H groups in total. The molecule has 2 atom stereocenters. The molecule has 4 heterocycles. The van der Waals surface area contributed by atoms with E-state index in [1.54, 1.807) is 0 Å². The van der Waals surface area contributed by atoms with Gasteiger partial charge in [-0.25, -0.2) is 0 Å². The Balaban J connectivity index is 1.07. The van der Waals surface area contributed by atoms with Crippen LogP contribution in [0.1, 0.15) is 134 Å². The molecule has 0 spiro atoms. The molecule has 2 saturated heterocycles. The number of rotatable bonds is 22. The first-order chi connectivity index (χ1) is 41.9. The fourth-order valence-corrected chi connectivity index (χ4v) is 18.1. The average Bonchev–Trinajstić information content (AvgIpc) is 1.73. The molecule has 10 aromatic rings. The standard InChI is InChI=1S/C76H88B2N2O6Si/c1-13-17-25-53(15-3)51-81-59-37-33-57(34-38-59)79-69-47-55(77-83-73(5,6)74(7,8)84-77)31-43-65(69)67-45-41-63(49-71(67)79)87(61-27-21-19-22-28-61,62-29-23-20-24-30-62)64-42-46-68-66-44-32-56(78-85-75(9,10)76(11,12)86-78)48-70(66)80(72(68)50-64)58-35-39-60(40-36-58)82-52-54(16-4)26-18-14-2/h19-24,27-50,53-54H,13-18,25-26,51-52H2,1-12H3. The maximum Gasteiger partial charge on any atom is 0.494 e. The van der Waals surface area contributed by atoms with Crippen molar-refractivity contribution in [1.29, 1.82) is 0 Å². The van der Waals surface area contributed by atoms with Crippen LogP contribution < -0.4 is 41.1 Å². The van der Waals surface area contributed by atoms with E-state index in [4.69, 9.17) is 28.1 Å². The molecule has 2 aliphatic rings. The van der Waals surface area contributed by atoms with E-state index in [1.165, 1.54) is 70.0 Å². The highest BCUT2D eigenvalue weighted by Crippen LogP contribution is 2.40. The fraction of sp³-hybridized carbons (Fsp3) is 0.368. The lowest BCUT2D eigenvalue weighted by molar-refractivity contribution is 0.00578. The van der Waals surface area contributed by atoms with Gasteiger partial charge < -0.3 is 37.2 Å². The third-order valence-electron chi connectivity index (χ3n) is 20.2. The zero-order chi connectivity index (χ0) is 60.9. The van der Waals surface area contributed by atoms with Gasteiger partial charge in [0.05, 0.1) is 57.7 Å². The molecule has 12 rings (SSSR count). The van der Waals surface area contributed by atoms with Gasteiger partial charge in [-0.05, 0) is 185 Å². The monoisotopic (exact) mass is 1170 g/mol. The van der Waals surface area contributed by atoms with Crippen molar-refractivity contribution in [2.45, 2.75) is 157 Å². The minimum Gasteiger partial charge on any atom is -0.493 e. The van der Waals surface area contributed by atoms with Crippen molar-refractivity contribution in [2.24, 2.45) is 11.8 Å². The highest BCUT2D eigenvalue weighted by molar-refractivity contribution is 7.20. The Morgan fingerprint density at radius 3 is 1.06 bits per heavy atom. The number of unbranched alkanes of at least 4 members (excludes halogenated alkanes) is 2. The molecule has 0 saturated carbocycles. The second-order valence-electron chi connectivity index (χ2n) is 26.8. The van der Waals surface area contributed by atoms with Crippen LogP contribution in [-0.4, -0.2) is 67.1 Å². The molecule has 2 aromatic heterocycles. The number of hydrogen-bond acceptors (Lipinski definition) is 6. The van der Waals surface area contributed by atoms with Crippen LogP contribution in [0.15, 0.2) is 182 Å². The largest absolute Gasteiger partial charge is 0.494 e. The molecule has 87 heavy (non-hydrogen) atoms. The first-order valence-electron chi connectivity index (χ1n) is 32.4. The summed E-state index contributed by atoms with van der Waals surface area (Å²) in [5, 5.41) is 9.81. The first kappa shape index (κ1) is 60.4. The number of fused-ring (bicyclic) bond motifs is 6. The van der Waals surface area contributed by atoms with E-state index < -0.39 is 44.7 Å². The second kappa shape index (κ2) is 24.3. The Morgan fingerprint density at radius 1 is 0.391 bits per heavy atom. The Morgan fingerprint density at radius 2 is 0.724 bits per heavy atom. The quantitative estimate of drug-likeness (QED) is 0.0498. The smallest absolute Gasteiger partial charge is 0.493 e. The van der Waals surface area contributed by atoms with Crippen molar-refractivity contribution < 1.29 is 28.1 Å². The lowest BCUT2D eigenvalue weighted by Gasteiger charge is -2.34. The number of aromatic nitrogens is 2. The van der Waals surface area contributed by atoms with E-state index in [-0.39, 0.29) is 0 Å². The minimum atomic E-state index is -3.24. The first-order valence-corrected chi connectivity index (χ1v) is 34.4. The van der Waals surface area contributed by atoms with Gasteiger partial charge in [0.25, 0.3) is 0 Å². The molecule has 0 amide bonds. The van der Waals surface area contributed by atoms with E-state index >= 15 is 0 Å². The third kappa shape index (κ3) is 11.2. The molecule has 2 unspecified atom stereocenters. The Kier molecular flexibility index (Phi) is 16.9. The molecule has 0 radical (unpaired) electrons. The summed E-state index contributed by atoms with van der Waals surface area (Å²) in [6, 6.07) is 68.3. The number of nitrogens with zero attached hydrogens (tertiary/aromatic N) is 2. The summed E-state index contributed by atoms with van der Waals surface area (Å²) in [4.78, 5) is 0. The summed E-state index contributed by atoms with van der Waals surface area (Å²) in [5.41, 5.74) is 6.57. The predicted octanol–water partition coefficient (Wildman–Crippen LogP) is 15.0. The van der Waals surface area contributed by atoms with Gasteiger partial charge in [-0.2, -0.15) is 0 Å². The lowest BCUT2D eigenvalue weighted by atomic mass is 9.79. The summed E-state index contributed by atoms with van der Waals surface area (Å²) in [6.07, 6.45) is 9.40. The van der Waals surface area contributed by atoms with Gasteiger partial charge >= 0.3 is 14.2 Å². The van der Waals surface area contributed by atoms with Crippen LogP contribution in [0.5, 0.6) is 11.5 Å². The van der Waals surface area contributed by atoms with E-state index in [0.717, 1.165) is 79.5 Å². The van der Waals surface area contributed by atoms with E-state index in [2.05, 4.69) is 274 Å². The van der Waals surface area contributed by atoms with Gasteiger partial charge in [0.2, 0.25) is 0 Å². The molecule has 2 fully saturated rings. The summed E-state index contributed by atoms with van der Waals surface area (Å²) in [5.74, 6) is 2.83. The molecular formula is C76H88B2N2O6Si. The topological polar surface area (TPSA) is 65.2 Å². The Labute approximate surface area is 518 Å². The van der Waals surface area contributed by atoms with Crippen LogP contribution in [0.3, 0.4) is 0 Å². The lowest BCUT2D eigenvalue weighted by Crippen LogP contribution is -2.74. The Bertz CT molecular complexity index is 3750.